The molecule has 1 N–H and O–H groups in total. The van der Waals surface area contributed by atoms with Gasteiger partial charge in [-0.15, -0.1) is 10.2 Å². The fourth-order valence-corrected chi connectivity index (χ4v) is 2.07. The first-order chi connectivity index (χ1) is 9.47. The van der Waals surface area contributed by atoms with Gasteiger partial charge in [-0.25, -0.2) is 0 Å². The van der Waals surface area contributed by atoms with Gasteiger partial charge in [0.2, 0.25) is 11.8 Å². The second-order valence-electron chi connectivity index (χ2n) is 4.84. The molecule has 20 heavy (non-hydrogen) atoms. The molecule has 0 saturated carbocycles. The van der Waals surface area contributed by atoms with Gasteiger partial charge in [0, 0.05) is 10.9 Å². The summed E-state index contributed by atoms with van der Waals surface area (Å²) >= 11 is 5.95. The van der Waals surface area contributed by atoms with Gasteiger partial charge >= 0.3 is 5.97 Å². The minimum atomic E-state index is -0.931. The highest BCUT2D eigenvalue weighted by Gasteiger charge is 2.24. The van der Waals surface area contributed by atoms with Crippen LogP contribution < -0.4 is 0 Å². The van der Waals surface area contributed by atoms with Crippen LogP contribution in [0.3, 0.4) is 0 Å². The van der Waals surface area contributed by atoms with Crippen molar-refractivity contribution in [3.8, 4) is 0 Å². The van der Waals surface area contributed by atoms with Crippen LogP contribution in [0.1, 0.15) is 49.4 Å². The van der Waals surface area contributed by atoms with Crippen molar-refractivity contribution >= 4 is 17.6 Å². The maximum atomic E-state index is 11.1. The topological polar surface area (TPSA) is 76.2 Å². The van der Waals surface area contributed by atoms with E-state index in [1.54, 1.807) is 24.3 Å². The van der Waals surface area contributed by atoms with Crippen LogP contribution in [0, 0.1) is 0 Å². The minimum absolute atomic E-state index is 0.0982. The molecule has 0 aliphatic heterocycles. The van der Waals surface area contributed by atoms with E-state index in [-0.39, 0.29) is 12.3 Å². The van der Waals surface area contributed by atoms with Crippen molar-refractivity contribution in [2.45, 2.75) is 32.1 Å². The molecule has 1 aromatic carbocycles. The normalized spacial score (nSPS) is 12.6. The molecule has 1 aromatic heterocycles. The summed E-state index contributed by atoms with van der Waals surface area (Å²) in [6.45, 7) is 3.87. The molecule has 1 atom stereocenters. The van der Waals surface area contributed by atoms with Crippen LogP contribution >= 0.6 is 11.6 Å². The Labute approximate surface area is 121 Å². The summed E-state index contributed by atoms with van der Waals surface area (Å²) in [5, 5.41) is 17.5. The number of carboxylic acids is 1. The second kappa shape index (κ2) is 6.05. The first-order valence-corrected chi connectivity index (χ1v) is 6.65. The number of aliphatic carboxylic acids is 1. The zero-order valence-electron chi connectivity index (χ0n) is 11.2. The van der Waals surface area contributed by atoms with Crippen LogP contribution in [0.4, 0.5) is 0 Å². The Morgan fingerprint density at radius 2 is 2.05 bits per heavy atom. The van der Waals surface area contributed by atoms with E-state index in [9.17, 15) is 4.79 Å². The largest absolute Gasteiger partial charge is 0.481 e. The number of carbonyl (C=O) groups is 1. The molecular weight excluding hydrogens is 280 g/mol. The smallest absolute Gasteiger partial charge is 0.304 e. The highest BCUT2D eigenvalue weighted by atomic mass is 35.5. The van der Waals surface area contributed by atoms with Gasteiger partial charge in [0.1, 0.15) is 0 Å². The van der Waals surface area contributed by atoms with E-state index < -0.39 is 11.9 Å². The van der Waals surface area contributed by atoms with Crippen LogP contribution in [0.15, 0.2) is 28.7 Å². The summed E-state index contributed by atoms with van der Waals surface area (Å²) < 4.78 is 5.57. The van der Waals surface area contributed by atoms with E-state index >= 15 is 0 Å². The van der Waals surface area contributed by atoms with Crippen LogP contribution in [0.2, 0.25) is 5.02 Å². The first kappa shape index (κ1) is 14.5. The zero-order valence-corrected chi connectivity index (χ0v) is 12.0. The number of halogens is 1. The molecule has 0 amide bonds. The molecule has 1 unspecified atom stereocenters. The lowest BCUT2D eigenvalue weighted by Crippen LogP contribution is -2.08. The number of carboxylic acid groups (broad SMARTS) is 1. The number of hydrogen-bond acceptors (Lipinski definition) is 4. The second-order valence-corrected chi connectivity index (χ2v) is 5.28. The Hall–Kier alpha value is -1.88. The van der Waals surface area contributed by atoms with E-state index in [0.29, 0.717) is 16.8 Å². The molecule has 106 valence electrons. The average Bonchev–Trinajstić information content (AvgIpc) is 2.85. The van der Waals surface area contributed by atoms with Crippen molar-refractivity contribution < 1.29 is 14.3 Å². The average molecular weight is 295 g/mol. The van der Waals surface area contributed by atoms with Gasteiger partial charge in [-0.2, -0.15) is 0 Å². The summed E-state index contributed by atoms with van der Waals surface area (Å²) in [5.74, 6) is -0.526. The zero-order chi connectivity index (χ0) is 14.7. The first-order valence-electron chi connectivity index (χ1n) is 6.28. The lowest BCUT2D eigenvalue weighted by atomic mass is 9.96. The number of rotatable bonds is 5. The third-order valence-electron chi connectivity index (χ3n) is 2.88. The number of hydrogen-bond donors (Lipinski definition) is 1. The van der Waals surface area contributed by atoms with Crippen molar-refractivity contribution in [1.82, 2.24) is 10.2 Å². The summed E-state index contributed by atoms with van der Waals surface area (Å²) in [6, 6.07) is 7.02. The Morgan fingerprint density at radius 3 is 2.60 bits per heavy atom. The van der Waals surface area contributed by atoms with Crippen LogP contribution in [-0.4, -0.2) is 21.3 Å². The van der Waals surface area contributed by atoms with E-state index in [1.165, 1.54) is 0 Å². The summed E-state index contributed by atoms with van der Waals surface area (Å²) in [4.78, 5) is 11.1. The third kappa shape index (κ3) is 3.36. The maximum Gasteiger partial charge on any atom is 0.304 e. The monoisotopic (exact) mass is 294 g/mol. The molecule has 1 heterocycles. The molecule has 0 radical (unpaired) electrons. The number of nitrogens with zero attached hydrogens (tertiary/aromatic N) is 2. The lowest BCUT2D eigenvalue weighted by Gasteiger charge is -2.11. The highest BCUT2D eigenvalue weighted by molar-refractivity contribution is 6.30. The Bertz CT molecular complexity index is 610. The Morgan fingerprint density at radius 1 is 1.35 bits per heavy atom. The molecular formula is C14H15ClN2O3. The molecule has 0 bridgehead atoms. The summed E-state index contributed by atoms with van der Waals surface area (Å²) in [5.41, 5.74) is 0.749. The lowest BCUT2D eigenvalue weighted by molar-refractivity contribution is -0.137. The fourth-order valence-electron chi connectivity index (χ4n) is 1.87. The Kier molecular flexibility index (Phi) is 4.39. The van der Waals surface area contributed by atoms with Gasteiger partial charge < -0.3 is 9.52 Å². The van der Waals surface area contributed by atoms with E-state index in [4.69, 9.17) is 21.1 Å². The van der Waals surface area contributed by atoms with Crippen molar-refractivity contribution in [3.63, 3.8) is 0 Å². The van der Waals surface area contributed by atoms with E-state index in [0.717, 1.165) is 5.56 Å². The van der Waals surface area contributed by atoms with Gasteiger partial charge in [0.15, 0.2) is 0 Å². The van der Waals surface area contributed by atoms with Gasteiger partial charge in [0.25, 0.3) is 0 Å². The standard InChI is InChI=1S/C14H15ClN2O3/c1-8(2)13-16-17-14(20-13)11(7-12(18)19)9-4-3-5-10(15)6-9/h3-6,8,11H,7H2,1-2H3,(H,18,19). The highest BCUT2D eigenvalue weighted by Crippen LogP contribution is 2.29. The summed E-state index contributed by atoms with van der Waals surface area (Å²) in [6.07, 6.45) is -0.125. The summed E-state index contributed by atoms with van der Waals surface area (Å²) in [7, 11) is 0. The van der Waals surface area contributed by atoms with Gasteiger partial charge in [0.05, 0.1) is 12.3 Å². The molecule has 0 aliphatic carbocycles. The molecule has 2 aromatic rings. The number of benzene rings is 1. The molecule has 5 nitrogen and oxygen atoms in total. The van der Waals surface area contributed by atoms with E-state index in [2.05, 4.69) is 10.2 Å². The van der Waals surface area contributed by atoms with Crippen LogP contribution in [0.5, 0.6) is 0 Å². The molecule has 0 fully saturated rings. The molecule has 0 spiro atoms. The van der Waals surface area contributed by atoms with Gasteiger partial charge in [-0.1, -0.05) is 37.6 Å². The van der Waals surface area contributed by atoms with Crippen molar-refractivity contribution in [1.29, 1.82) is 0 Å². The minimum Gasteiger partial charge on any atom is -0.481 e. The predicted molar refractivity (Wildman–Crippen MR) is 73.9 cm³/mol. The maximum absolute atomic E-state index is 11.1. The third-order valence-corrected chi connectivity index (χ3v) is 3.11. The van der Waals surface area contributed by atoms with Crippen LogP contribution in [-0.2, 0) is 4.79 Å². The van der Waals surface area contributed by atoms with Gasteiger partial charge in [-0.05, 0) is 17.7 Å². The van der Waals surface area contributed by atoms with Crippen molar-refractivity contribution in [3.05, 3.63) is 46.6 Å². The predicted octanol–water partition coefficient (Wildman–Crippen LogP) is 3.45. The quantitative estimate of drug-likeness (QED) is 0.914. The molecule has 0 aliphatic rings. The Balaban J connectivity index is 2.38. The SMILES string of the molecule is CC(C)c1nnc(C(CC(=O)O)c2cccc(Cl)c2)o1. The fraction of sp³-hybridized carbons (Fsp3) is 0.357. The van der Waals surface area contributed by atoms with Gasteiger partial charge in [-0.3, -0.25) is 4.79 Å². The van der Waals surface area contributed by atoms with Crippen molar-refractivity contribution in [2.24, 2.45) is 0 Å². The van der Waals surface area contributed by atoms with Crippen molar-refractivity contribution in [2.75, 3.05) is 0 Å². The number of aromatic nitrogens is 2. The molecule has 6 heteroatoms. The van der Waals surface area contributed by atoms with E-state index in [1.807, 2.05) is 13.8 Å². The van der Waals surface area contributed by atoms with Crippen LogP contribution in [0.25, 0.3) is 0 Å². The molecule has 2 rings (SSSR count). The molecule has 0 saturated heterocycles.